The Balaban J connectivity index is 1.39. The molecule has 6 nitrogen and oxygen atoms in total. The van der Waals surface area contributed by atoms with Crippen molar-refractivity contribution in [2.75, 3.05) is 19.6 Å². The second-order valence-corrected chi connectivity index (χ2v) is 8.62. The molecule has 28 heavy (non-hydrogen) atoms. The fraction of sp³-hybridized carbons (Fsp3) is 0.545. The second kappa shape index (κ2) is 6.92. The van der Waals surface area contributed by atoms with E-state index in [4.69, 9.17) is 0 Å². The molecule has 0 saturated carbocycles. The molecule has 0 unspecified atom stereocenters. The van der Waals surface area contributed by atoms with Gasteiger partial charge in [-0.25, -0.2) is 0 Å². The van der Waals surface area contributed by atoms with Crippen molar-refractivity contribution in [3.8, 4) is 5.75 Å². The number of benzene rings is 1. The van der Waals surface area contributed by atoms with Crippen LogP contribution in [0.2, 0.25) is 0 Å². The summed E-state index contributed by atoms with van der Waals surface area (Å²) >= 11 is 0. The van der Waals surface area contributed by atoms with E-state index in [0.717, 1.165) is 37.2 Å². The third-order valence-electron chi connectivity index (χ3n) is 7.00. The molecular weight excluding hydrogens is 352 g/mol. The van der Waals surface area contributed by atoms with Gasteiger partial charge in [0.25, 0.3) is 0 Å². The summed E-state index contributed by atoms with van der Waals surface area (Å²) in [4.78, 5) is 18.0. The normalized spacial score (nSPS) is 31.2. The van der Waals surface area contributed by atoms with E-state index in [9.17, 15) is 9.90 Å². The smallest absolute Gasteiger partial charge is 0.223 e. The van der Waals surface area contributed by atoms with Crippen LogP contribution in [0, 0.1) is 5.92 Å². The molecule has 6 heteroatoms. The number of nitrogens with zero attached hydrogens (tertiary/aromatic N) is 4. The number of hydrogen-bond acceptors (Lipinski definition) is 4. The zero-order valence-corrected chi connectivity index (χ0v) is 16.4. The summed E-state index contributed by atoms with van der Waals surface area (Å²) in [5, 5.41) is 14.2. The van der Waals surface area contributed by atoms with E-state index < -0.39 is 0 Å². The van der Waals surface area contributed by atoms with Gasteiger partial charge in [0.15, 0.2) is 0 Å². The quantitative estimate of drug-likeness (QED) is 0.883. The van der Waals surface area contributed by atoms with Gasteiger partial charge in [-0.2, -0.15) is 5.10 Å². The van der Waals surface area contributed by atoms with Crippen LogP contribution in [0.5, 0.6) is 5.75 Å². The highest BCUT2D eigenvalue weighted by molar-refractivity contribution is 5.77. The van der Waals surface area contributed by atoms with Crippen molar-refractivity contribution in [3.05, 3.63) is 47.8 Å². The van der Waals surface area contributed by atoms with Gasteiger partial charge in [0.05, 0.1) is 12.2 Å². The topological polar surface area (TPSA) is 61.6 Å². The molecule has 4 saturated heterocycles. The standard InChI is InChI=1S/C22H28N4O2/c1-24-13-15(12-23-24)5-6-20(28)26-14-19(17-3-2-4-18(27)11-17)22-21(26)16-7-9-25(22)10-8-16/h2-4,11-13,16,19,21-22,27H,5-10,14H2,1H3/t19-,21+,22+/m0/s1. The number of aryl methyl sites for hydroxylation is 2. The Morgan fingerprint density at radius 2 is 2.07 bits per heavy atom. The molecule has 1 amide bonds. The molecule has 5 heterocycles. The fourth-order valence-electron chi connectivity index (χ4n) is 5.75. The number of fused-ring (bicyclic) bond motifs is 2. The average molecular weight is 380 g/mol. The van der Waals surface area contributed by atoms with Gasteiger partial charge in [0, 0.05) is 38.2 Å². The lowest BCUT2D eigenvalue weighted by Crippen LogP contribution is -2.60. The summed E-state index contributed by atoms with van der Waals surface area (Å²) in [5.41, 5.74) is 2.27. The van der Waals surface area contributed by atoms with E-state index in [1.165, 1.54) is 12.8 Å². The molecule has 0 aliphatic carbocycles. The van der Waals surface area contributed by atoms with Gasteiger partial charge in [-0.15, -0.1) is 0 Å². The number of amides is 1. The number of carbonyl (C=O) groups is 1. The van der Waals surface area contributed by atoms with E-state index in [2.05, 4.69) is 21.0 Å². The first-order chi connectivity index (χ1) is 13.6. The largest absolute Gasteiger partial charge is 0.508 e. The van der Waals surface area contributed by atoms with Crippen molar-refractivity contribution in [2.45, 2.75) is 43.7 Å². The number of carbonyl (C=O) groups excluding carboxylic acids is 1. The minimum Gasteiger partial charge on any atom is -0.508 e. The Morgan fingerprint density at radius 3 is 2.79 bits per heavy atom. The molecule has 1 N–H and O–H groups in total. The van der Waals surface area contributed by atoms with Crippen LogP contribution in [0.4, 0.5) is 0 Å². The third-order valence-corrected chi connectivity index (χ3v) is 7.00. The van der Waals surface area contributed by atoms with Gasteiger partial charge in [0.2, 0.25) is 5.91 Å². The van der Waals surface area contributed by atoms with Crippen molar-refractivity contribution in [2.24, 2.45) is 13.0 Å². The van der Waals surface area contributed by atoms with Gasteiger partial charge in [0.1, 0.15) is 5.75 Å². The first-order valence-electron chi connectivity index (χ1n) is 10.4. The number of likely N-dealkylation sites (tertiary alicyclic amines) is 1. The van der Waals surface area contributed by atoms with Crippen molar-refractivity contribution in [1.29, 1.82) is 0 Å². The van der Waals surface area contributed by atoms with E-state index >= 15 is 0 Å². The molecular formula is C22H28N4O2. The summed E-state index contributed by atoms with van der Waals surface area (Å²) in [6.07, 6.45) is 7.51. The molecule has 3 atom stereocenters. The number of rotatable bonds is 4. The lowest BCUT2D eigenvalue weighted by molar-refractivity contribution is -0.135. The van der Waals surface area contributed by atoms with Gasteiger partial charge in [-0.05, 0) is 61.5 Å². The second-order valence-electron chi connectivity index (χ2n) is 8.62. The van der Waals surface area contributed by atoms with E-state index in [1.54, 1.807) is 10.7 Å². The molecule has 4 aliphatic rings. The highest BCUT2D eigenvalue weighted by Crippen LogP contribution is 2.47. The Kier molecular flexibility index (Phi) is 4.38. The molecule has 2 aromatic rings. The van der Waals surface area contributed by atoms with E-state index in [0.29, 0.717) is 30.2 Å². The molecule has 6 rings (SSSR count). The van der Waals surface area contributed by atoms with Crippen LogP contribution in [-0.4, -0.2) is 62.3 Å². The SMILES string of the molecule is Cn1cc(CCC(=O)N2C[C@@H](c3cccc(O)c3)[C@@H]3[C@H]2C2CCN3CC2)cn1. The summed E-state index contributed by atoms with van der Waals surface area (Å²) in [6, 6.07) is 8.33. The van der Waals surface area contributed by atoms with Crippen LogP contribution in [-0.2, 0) is 18.3 Å². The fourth-order valence-corrected chi connectivity index (χ4v) is 5.75. The minimum absolute atomic E-state index is 0.259. The summed E-state index contributed by atoms with van der Waals surface area (Å²) in [7, 11) is 1.91. The minimum atomic E-state index is 0.259. The van der Waals surface area contributed by atoms with Crippen molar-refractivity contribution >= 4 is 5.91 Å². The van der Waals surface area contributed by atoms with Crippen molar-refractivity contribution in [1.82, 2.24) is 19.6 Å². The van der Waals surface area contributed by atoms with Crippen LogP contribution < -0.4 is 0 Å². The molecule has 148 valence electrons. The number of piperidine rings is 3. The summed E-state index contributed by atoms with van der Waals surface area (Å²) in [5.74, 6) is 1.46. The zero-order chi connectivity index (χ0) is 19.3. The highest BCUT2D eigenvalue weighted by atomic mass is 16.3. The first kappa shape index (κ1) is 17.7. The first-order valence-corrected chi connectivity index (χ1v) is 10.4. The Hall–Kier alpha value is -2.34. The van der Waals surface area contributed by atoms with E-state index in [-0.39, 0.29) is 11.8 Å². The van der Waals surface area contributed by atoms with Crippen LogP contribution >= 0.6 is 0 Å². The van der Waals surface area contributed by atoms with Crippen LogP contribution in [0.1, 0.15) is 36.3 Å². The van der Waals surface area contributed by atoms with Gasteiger partial charge >= 0.3 is 0 Å². The molecule has 1 aromatic carbocycles. The van der Waals surface area contributed by atoms with Gasteiger partial charge in [-0.1, -0.05) is 12.1 Å². The summed E-state index contributed by atoms with van der Waals surface area (Å²) in [6.45, 7) is 3.04. The molecule has 2 bridgehead atoms. The molecule has 4 fully saturated rings. The maximum atomic E-state index is 13.2. The number of phenols is 1. The third kappa shape index (κ3) is 3.00. The Morgan fingerprint density at radius 1 is 1.25 bits per heavy atom. The average Bonchev–Trinajstić information content (AvgIpc) is 3.32. The number of phenolic OH excluding ortho intramolecular Hbond substituents is 1. The molecule has 1 aromatic heterocycles. The molecule has 0 spiro atoms. The lowest BCUT2D eigenvalue weighted by Gasteiger charge is -2.51. The molecule has 0 radical (unpaired) electrons. The predicted octanol–water partition coefficient (Wildman–Crippen LogP) is 2.15. The molecule has 4 aliphatic heterocycles. The van der Waals surface area contributed by atoms with Crippen LogP contribution in [0.25, 0.3) is 0 Å². The number of aromatic nitrogens is 2. The monoisotopic (exact) mass is 380 g/mol. The zero-order valence-electron chi connectivity index (χ0n) is 16.4. The summed E-state index contributed by atoms with van der Waals surface area (Å²) < 4.78 is 1.79. The number of aromatic hydroxyl groups is 1. The predicted molar refractivity (Wildman–Crippen MR) is 106 cm³/mol. The maximum absolute atomic E-state index is 13.2. The number of hydrogen-bond donors (Lipinski definition) is 1. The van der Waals surface area contributed by atoms with E-state index in [1.807, 2.05) is 31.6 Å². The maximum Gasteiger partial charge on any atom is 0.223 e. The Bertz CT molecular complexity index is 871. The van der Waals surface area contributed by atoms with Crippen LogP contribution in [0.3, 0.4) is 0 Å². The van der Waals surface area contributed by atoms with Crippen LogP contribution in [0.15, 0.2) is 36.7 Å². The van der Waals surface area contributed by atoms with Gasteiger partial charge < -0.3 is 10.0 Å². The Labute approximate surface area is 165 Å². The van der Waals surface area contributed by atoms with Crippen molar-refractivity contribution < 1.29 is 9.90 Å². The lowest BCUT2D eigenvalue weighted by atomic mass is 9.75. The highest BCUT2D eigenvalue weighted by Gasteiger charge is 2.54. The van der Waals surface area contributed by atoms with Gasteiger partial charge in [-0.3, -0.25) is 14.4 Å². The van der Waals surface area contributed by atoms with Crippen molar-refractivity contribution in [3.63, 3.8) is 0 Å².